The maximum absolute atomic E-state index is 9.81. The number of rotatable bonds is 5. The lowest BCUT2D eigenvalue weighted by atomic mass is 9.95. The Labute approximate surface area is 126 Å². The number of pyridine rings is 1. The lowest BCUT2D eigenvalue weighted by Gasteiger charge is -2.11. The van der Waals surface area contributed by atoms with E-state index in [1.165, 1.54) is 0 Å². The van der Waals surface area contributed by atoms with E-state index in [9.17, 15) is 5.11 Å². The molecule has 106 valence electrons. The predicted molar refractivity (Wildman–Crippen MR) is 86.5 cm³/mol. The van der Waals surface area contributed by atoms with Crippen LogP contribution < -0.4 is 0 Å². The standard InChI is InChI=1S/C19H19NO/c1-3-5-11-18(17-10-7-12-20-14-17)15-8-6-9-16(13-15)19(21)4-2/h2,6-14,19,21H,3,5H2,1H3/b18-11+. The van der Waals surface area contributed by atoms with E-state index in [0.29, 0.717) is 0 Å². The van der Waals surface area contributed by atoms with Crippen molar-refractivity contribution in [2.75, 3.05) is 0 Å². The first kappa shape index (κ1) is 15.0. The van der Waals surface area contributed by atoms with Gasteiger partial charge in [-0.3, -0.25) is 4.98 Å². The third-order valence-corrected chi connectivity index (χ3v) is 3.28. The summed E-state index contributed by atoms with van der Waals surface area (Å²) >= 11 is 0. The second kappa shape index (κ2) is 7.42. The average molecular weight is 277 g/mol. The van der Waals surface area contributed by atoms with Crippen LogP contribution in [0.5, 0.6) is 0 Å². The number of allylic oxidation sites excluding steroid dienone is 1. The molecule has 0 bridgehead atoms. The molecule has 0 radical (unpaired) electrons. The molecule has 2 rings (SSSR count). The maximum Gasteiger partial charge on any atom is 0.140 e. The first-order chi connectivity index (χ1) is 10.3. The molecule has 0 aliphatic carbocycles. The number of hydrogen-bond donors (Lipinski definition) is 1. The van der Waals surface area contributed by atoms with Crippen molar-refractivity contribution >= 4 is 5.57 Å². The Bertz CT molecular complexity index is 653. The normalized spacial score (nSPS) is 12.7. The second-order valence-corrected chi connectivity index (χ2v) is 4.84. The van der Waals surface area contributed by atoms with E-state index >= 15 is 0 Å². The second-order valence-electron chi connectivity index (χ2n) is 4.84. The molecule has 2 aromatic rings. The molecular weight excluding hydrogens is 258 g/mol. The lowest BCUT2D eigenvalue weighted by molar-refractivity contribution is 0.238. The Kier molecular flexibility index (Phi) is 5.31. The van der Waals surface area contributed by atoms with Gasteiger partial charge in [0.05, 0.1) is 0 Å². The zero-order valence-corrected chi connectivity index (χ0v) is 12.2. The SMILES string of the molecule is C#CC(O)c1cccc(/C(=C\CCC)c2cccnc2)c1. The van der Waals surface area contributed by atoms with E-state index in [1.54, 1.807) is 6.20 Å². The maximum atomic E-state index is 9.81. The van der Waals surface area contributed by atoms with E-state index in [0.717, 1.165) is 35.1 Å². The molecule has 21 heavy (non-hydrogen) atoms. The Morgan fingerprint density at radius 2 is 2.14 bits per heavy atom. The van der Waals surface area contributed by atoms with E-state index in [2.05, 4.69) is 23.9 Å². The third-order valence-electron chi connectivity index (χ3n) is 3.28. The van der Waals surface area contributed by atoms with Crippen molar-refractivity contribution in [1.29, 1.82) is 0 Å². The highest BCUT2D eigenvalue weighted by Crippen LogP contribution is 2.26. The highest BCUT2D eigenvalue weighted by Gasteiger charge is 2.08. The zero-order chi connectivity index (χ0) is 15.1. The molecule has 1 N–H and O–H groups in total. The molecule has 1 atom stereocenters. The van der Waals surface area contributed by atoms with E-state index in [4.69, 9.17) is 6.42 Å². The topological polar surface area (TPSA) is 33.1 Å². The Morgan fingerprint density at radius 3 is 2.81 bits per heavy atom. The summed E-state index contributed by atoms with van der Waals surface area (Å²) in [5.74, 6) is 2.35. The highest BCUT2D eigenvalue weighted by molar-refractivity contribution is 5.79. The molecule has 0 saturated carbocycles. The van der Waals surface area contributed by atoms with Gasteiger partial charge in [0.2, 0.25) is 0 Å². The van der Waals surface area contributed by atoms with Crippen LogP contribution in [0.3, 0.4) is 0 Å². The number of benzene rings is 1. The summed E-state index contributed by atoms with van der Waals surface area (Å²) in [6.45, 7) is 2.15. The Balaban J connectivity index is 2.45. The quantitative estimate of drug-likeness (QED) is 0.839. The number of hydrogen-bond acceptors (Lipinski definition) is 2. The largest absolute Gasteiger partial charge is 0.376 e. The average Bonchev–Trinajstić information content (AvgIpc) is 2.56. The predicted octanol–water partition coefficient (Wildman–Crippen LogP) is 3.98. The van der Waals surface area contributed by atoms with Crippen LogP contribution >= 0.6 is 0 Å². The van der Waals surface area contributed by atoms with Gasteiger partial charge in [-0.1, -0.05) is 49.6 Å². The summed E-state index contributed by atoms with van der Waals surface area (Å²) in [5, 5.41) is 9.81. The van der Waals surface area contributed by atoms with Crippen molar-refractivity contribution in [2.45, 2.75) is 25.9 Å². The van der Waals surface area contributed by atoms with Crippen molar-refractivity contribution in [3.05, 3.63) is 71.6 Å². The summed E-state index contributed by atoms with van der Waals surface area (Å²) in [6.07, 6.45) is 12.3. The summed E-state index contributed by atoms with van der Waals surface area (Å²) in [7, 11) is 0. The van der Waals surface area contributed by atoms with Crippen LogP contribution in [0.25, 0.3) is 5.57 Å². The fraction of sp³-hybridized carbons (Fsp3) is 0.211. The van der Waals surface area contributed by atoms with Crippen LogP contribution in [0, 0.1) is 12.3 Å². The van der Waals surface area contributed by atoms with E-state index < -0.39 is 6.10 Å². The Morgan fingerprint density at radius 1 is 1.33 bits per heavy atom. The van der Waals surface area contributed by atoms with Crippen molar-refractivity contribution in [3.63, 3.8) is 0 Å². The van der Waals surface area contributed by atoms with Crippen LogP contribution in [0.15, 0.2) is 54.9 Å². The van der Waals surface area contributed by atoms with Gasteiger partial charge in [0.1, 0.15) is 6.10 Å². The van der Waals surface area contributed by atoms with Gasteiger partial charge in [0.15, 0.2) is 0 Å². The molecule has 1 unspecified atom stereocenters. The molecule has 0 fully saturated rings. The van der Waals surface area contributed by atoms with Gasteiger partial charge in [-0.15, -0.1) is 6.42 Å². The smallest absolute Gasteiger partial charge is 0.140 e. The van der Waals surface area contributed by atoms with Crippen molar-refractivity contribution < 1.29 is 5.11 Å². The van der Waals surface area contributed by atoms with Gasteiger partial charge in [0, 0.05) is 18.0 Å². The summed E-state index contributed by atoms with van der Waals surface area (Å²) in [5.41, 5.74) is 3.97. The van der Waals surface area contributed by atoms with Crippen molar-refractivity contribution in [2.24, 2.45) is 0 Å². The van der Waals surface area contributed by atoms with Crippen LogP contribution in [0.1, 0.15) is 42.6 Å². The number of aliphatic hydroxyl groups excluding tert-OH is 1. The molecule has 0 amide bonds. The molecule has 1 aromatic heterocycles. The molecule has 0 aliphatic heterocycles. The molecular formula is C19H19NO. The van der Waals surface area contributed by atoms with Gasteiger partial charge in [-0.05, 0) is 35.3 Å². The number of unbranched alkanes of at least 4 members (excludes halogenated alkanes) is 1. The molecule has 2 heteroatoms. The fourth-order valence-electron chi connectivity index (χ4n) is 2.19. The molecule has 0 spiro atoms. The molecule has 1 heterocycles. The molecule has 1 aromatic carbocycles. The number of terminal acetylenes is 1. The van der Waals surface area contributed by atoms with Gasteiger partial charge in [-0.25, -0.2) is 0 Å². The minimum absolute atomic E-state index is 0.737. The van der Waals surface area contributed by atoms with Crippen LogP contribution in [-0.4, -0.2) is 10.1 Å². The van der Waals surface area contributed by atoms with Gasteiger partial charge in [-0.2, -0.15) is 0 Å². The first-order valence-electron chi connectivity index (χ1n) is 7.11. The zero-order valence-electron chi connectivity index (χ0n) is 12.2. The molecule has 2 nitrogen and oxygen atoms in total. The fourth-order valence-corrected chi connectivity index (χ4v) is 2.19. The van der Waals surface area contributed by atoms with Gasteiger partial charge in [0.25, 0.3) is 0 Å². The van der Waals surface area contributed by atoms with Crippen LogP contribution in [0.4, 0.5) is 0 Å². The Hall–Kier alpha value is -2.37. The lowest BCUT2D eigenvalue weighted by Crippen LogP contribution is -1.96. The highest BCUT2D eigenvalue weighted by atomic mass is 16.3. The molecule has 0 aliphatic rings. The number of nitrogens with zero attached hydrogens (tertiary/aromatic N) is 1. The minimum atomic E-state index is -0.869. The van der Waals surface area contributed by atoms with Crippen molar-refractivity contribution in [1.82, 2.24) is 4.98 Å². The number of aromatic nitrogens is 1. The monoisotopic (exact) mass is 277 g/mol. The van der Waals surface area contributed by atoms with Gasteiger partial charge < -0.3 is 5.11 Å². The third kappa shape index (κ3) is 3.81. The van der Waals surface area contributed by atoms with E-state index in [1.807, 2.05) is 42.6 Å². The van der Waals surface area contributed by atoms with Crippen LogP contribution in [0.2, 0.25) is 0 Å². The first-order valence-corrected chi connectivity index (χ1v) is 7.11. The summed E-state index contributed by atoms with van der Waals surface area (Å²) < 4.78 is 0. The van der Waals surface area contributed by atoms with Gasteiger partial charge >= 0.3 is 0 Å². The summed E-state index contributed by atoms with van der Waals surface area (Å²) in [6, 6.07) is 11.7. The van der Waals surface area contributed by atoms with E-state index in [-0.39, 0.29) is 0 Å². The minimum Gasteiger partial charge on any atom is -0.376 e. The molecule has 0 saturated heterocycles. The van der Waals surface area contributed by atoms with Crippen molar-refractivity contribution in [3.8, 4) is 12.3 Å². The number of aliphatic hydroxyl groups is 1. The summed E-state index contributed by atoms with van der Waals surface area (Å²) in [4.78, 5) is 4.19. The van der Waals surface area contributed by atoms with Crippen LogP contribution in [-0.2, 0) is 0 Å².